The van der Waals surface area contributed by atoms with Gasteiger partial charge in [0, 0.05) is 23.7 Å². The Labute approximate surface area is 134 Å². The number of benzene rings is 2. The smallest absolute Gasteiger partial charge is 0.161 e. The number of rotatable bonds is 4. The summed E-state index contributed by atoms with van der Waals surface area (Å²) in [4.78, 5) is 2.01. The Morgan fingerprint density at radius 2 is 1.86 bits per heavy atom. The molecule has 5 heteroatoms. The van der Waals surface area contributed by atoms with E-state index in [9.17, 15) is 4.39 Å². The fourth-order valence-electron chi connectivity index (χ4n) is 2.51. The van der Waals surface area contributed by atoms with Crippen molar-refractivity contribution in [2.24, 2.45) is 0 Å². The zero-order valence-electron chi connectivity index (χ0n) is 12.3. The van der Waals surface area contributed by atoms with Crippen molar-refractivity contribution in [3.05, 3.63) is 58.4 Å². The van der Waals surface area contributed by atoms with E-state index < -0.39 is 0 Å². The molecule has 0 fully saturated rings. The summed E-state index contributed by atoms with van der Waals surface area (Å²) in [7, 11) is 1.93. The van der Waals surface area contributed by atoms with Crippen molar-refractivity contribution in [3.8, 4) is 11.5 Å². The zero-order chi connectivity index (χ0) is 15.5. The van der Waals surface area contributed by atoms with Crippen LogP contribution in [0.3, 0.4) is 0 Å². The van der Waals surface area contributed by atoms with Gasteiger partial charge >= 0.3 is 0 Å². The summed E-state index contributed by atoms with van der Waals surface area (Å²) in [6.07, 6.45) is 0. The summed E-state index contributed by atoms with van der Waals surface area (Å²) in [5.41, 5.74) is 1.60. The normalized spacial score (nSPS) is 13.5. The Hall–Kier alpha value is -1.78. The number of hydrogen-bond donors (Lipinski definition) is 0. The minimum Gasteiger partial charge on any atom is -0.486 e. The molecule has 2 aromatic carbocycles. The summed E-state index contributed by atoms with van der Waals surface area (Å²) in [5.74, 6) is 1.26. The van der Waals surface area contributed by atoms with Crippen molar-refractivity contribution in [3.63, 3.8) is 0 Å². The first kappa shape index (κ1) is 15.1. The van der Waals surface area contributed by atoms with E-state index in [-0.39, 0.29) is 5.82 Å². The van der Waals surface area contributed by atoms with Gasteiger partial charge in [0.05, 0.1) is 0 Å². The molecule has 0 N–H and O–H groups in total. The van der Waals surface area contributed by atoms with Crippen LogP contribution >= 0.6 is 11.6 Å². The second-order valence-electron chi connectivity index (χ2n) is 5.35. The van der Waals surface area contributed by atoms with Crippen LogP contribution in [0.15, 0.2) is 36.4 Å². The first-order chi connectivity index (χ1) is 10.6. The molecule has 2 aromatic rings. The van der Waals surface area contributed by atoms with Gasteiger partial charge in [-0.15, -0.1) is 0 Å². The largest absolute Gasteiger partial charge is 0.486 e. The van der Waals surface area contributed by atoms with Crippen LogP contribution in [-0.2, 0) is 13.1 Å². The van der Waals surface area contributed by atoms with Gasteiger partial charge in [0.1, 0.15) is 19.0 Å². The third-order valence-electron chi connectivity index (χ3n) is 3.55. The molecule has 3 rings (SSSR count). The van der Waals surface area contributed by atoms with Gasteiger partial charge in [-0.3, -0.25) is 4.90 Å². The van der Waals surface area contributed by atoms with E-state index in [1.165, 1.54) is 6.07 Å². The maximum atomic E-state index is 13.8. The van der Waals surface area contributed by atoms with Gasteiger partial charge in [-0.05, 0) is 36.9 Å². The molecule has 1 aliphatic rings. The van der Waals surface area contributed by atoms with E-state index in [0.717, 1.165) is 17.1 Å². The first-order valence-electron chi connectivity index (χ1n) is 7.13. The molecule has 3 nitrogen and oxygen atoms in total. The Morgan fingerprint density at radius 3 is 2.64 bits per heavy atom. The molecule has 0 aromatic heterocycles. The molecule has 0 radical (unpaired) electrons. The average Bonchev–Trinajstić information content (AvgIpc) is 2.51. The number of ether oxygens (including phenoxy) is 2. The van der Waals surface area contributed by atoms with Crippen molar-refractivity contribution >= 4 is 11.6 Å². The number of hydrogen-bond acceptors (Lipinski definition) is 3. The van der Waals surface area contributed by atoms with E-state index in [1.807, 2.05) is 30.1 Å². The van der Waals surface area contributed by atoms with Gasteiger partial charge in [-0.2, -0.15) is 0 Å². The maximum Gasteiger partial charge on any atom is 0.161 e. The van der Waals surface area contributed by atoms with Crippen molar-refractivity contribution in [1.29, 1.82) is 0 Å². The van der Waals surface area contributed by atoms with Crippen molar-refractivity contribution in [2.75, 3.05) is 20.3 Å². The lowest BCUT2D eigenvalue weighted by molar-refractivity contribution is 0.171. The molecule has 0 amide bonds. The average molecular weight is 322 g/mol. The van der Waals surface area contributed by atoms with Crippen molar-refractivity contribution in [2.45, 2.75) is 13.1 Å². The van der Waals surface area contributed by atoms with E-state index >= 15 is 0 Å². The number of nitrogens with zero attached hydrogens (tertiary/aromatic N) is 1. The second-order valence-corrected chi connectivity index (χ2v) is 5.76. The summed E-state index contributed by atoms with van der Waals surface area (Å²) in [5, 5.41) is 0.453. The summed E-state index contributed by atoms with van der Waals surface area (Å²) < 4.78 is 24.9. The monoisotopic (exact) mass is 321 g/mol. The van der Waals surface area contributed by atoms with Gasteiger partial charge in [-0.25, -0.2) is 4.39 Å². The van der Waals surface area contributed by atoms with Crippen LogP contribution in [-0.4, -0.2) is 25.2 Å². The van der Waals surface area contributed by atoms with Gasteiger partial charge in [-0.1, -0.05) is 23.7 Å². The number of halogens is 2. The van der Waals surface area contributed by atoms with E-state index in [1.54, 1.807) is 12.1 Å². The Kier molecular flexibility index (Phi) is 4.50. The highest BCUT2D eigenvalue weighted by molar-refractivity contribution is 6.31. The first-order valence-corrected chi connectivity index (χ1v) is 7.51. The van der Waals surface area contributed by atoms with Gasteiger partial charge in [0.15, 0.2) is 11.5 Å². The van der Waals surface area contributed by atoms with Gasteiger partial charge in [0.25, 0.3) is 0 Å². The molecule has 0 unspecified atom stereocenters. The lowest BCUT2D eigenvalue weighted by Crippen LogP contribution is -2.19. The van der Waals surface area contributed by atoms with Crippen molar-refractivity contribution < 1.29 is 13.9 Å². The van der Waals surface area contributed by atoms with E-state index in [2.05, 4.69) is 0 Å². The van der Waals surface area contributed by atoms with Crippen LogP contribution in [0.1, 0.15) is 11.1 Å². The van der Waals surface area contributed by atoms with Crippen molar-refractivity contribution in [1.82, 2.24) is 4.90 Å². The number of fused-ring (bicyclic) bond motifs is 1. The van der Waals surface area contributed by atoms with Crippen LogP contribution in [0, 0.1) is 5.82 Å². The summed E-state index contributed by atoms with van der Waals surface area (Å²) in [6.45, 7) is 2.26. The topological polar surface area (TPSA) is 21.7 Å². The molecule has 116 valence electrons. The fraction of sp³-hybridized carbons (Fsp3) is 0.294. The molecule has 22 heavy (non-hydrogen) atoms. The lowest BCUT2D eigenvalue weighted by Gasteiger charge is -2.21. The molecule has 0 aliphatic carbocycles. The highest BCUT2D eigenvalue weighted by Crippen LogP contribution is 2.31. The molecule has 0 spiro atoms. The predicted octanol–water partition coefficient (Wildman–Crippen LogP) is 3.88. The third kappa shape index (κ3) is 3.34. The SMILES string of the molecule is CN(Cc1ccc2c(c1)OCCO2)Cc1c(F)cccc1Cl. The summed E-state index contributed by atoms with van der Waals surface area (Å²) in [6, 6.07) is 10.6. The quantitative estimate of drug-likeness (QED) is 0.853. The third-order valence-corrected chi connectivity index (χ3v) is 3.90. The molecule has 0 bridgehead atoms. The zero-order valence-corrected chi connectivity index (χ0v) is 13.1. The molecule has 0 saturated heterocycles. The van der Waals surface area contributed by atoms with Crippen LogP contribution in [0.5, 0.6) is 11.5 Å². The van der Waals surface area contributed by atoms with Crippen LogP contribution in [0.25, 0.3) is 0 Å². The standard InChI is InChI=1S/C17H17ClFNO2/c1-20(11-13-14(18)3-2-4-15(13)19)10-12-5-6-16-17(9-12)22-8-7-21-16/h2-6,9H,7-8,10-11H2,1H3. The molecular formula is C17H17ClFNO2. The van der Waals surface area contributed by atoms with Gasteiger partial charge < -0.3 is 9.47 Å². The summed E-state index contributed by atoms with van der Waals surface area (Å²) >= 11 is 6.07. The van der Waals surface area contributed by atoms with Crippen LogP contribution in [0.4, 0.5) is 4.39 Å². The Morgan fingerprint density at radius 1 is 1.09 bits per heavy atom. The van der Waals surface area contributed by atoms with Gasteiger partial charge in [0.2, 0.25) is 0 Å². The molecular weight excluding hydrogens is 305 g/mol. The van der Waals surface area contributed by atoms with Crippen LogP contribution < -0.4 is 9.47 Å². The van der Waals surface area contributed by atoms with E-state index in [4.69, 9.17) is 21.1 Å². The minimum atomic E-state index is -0.276. The molecule has 1 heterocycles. The minimum absolute atomic E-state index is 0.276. The second kappa shape index (κ2) is 6.55. The molecule has 1 aliphatic heterocycles. The highest BCUT2D eigenvalue weighted by Gasteiger charge is 2.14. The lowest BCUT2D eigenvalue weighted by atomic mass is 10.1. The maximum absolute atomic E-state index is 13.8. The highest BCUT2D eigenvalue weighted by atomic mass is 35.5. The Balaban J connectivity index is 1.70. The predicted molar refractivity (Wildman–Crippen MR) is 84.0 cm³/mol. The molecule has 0 atom stereocenters. The Bertz CT molecular complexity index is 657. The van der Waals surface area contributed by atoms with Crippen LogP contribution in [0.2, 0.25) is 5.02 Å². The van der Waals surface area contributed by atoms with E-state index in [0.29, 0.717) is 36.9 Å². The molecule has 0 saturated carbocycles. The fourth-order valence-corrected chi connectivity index (χ4v) is 2.73.